The normalized spacial score (nSPS) is 14.7. The second-order valence-electron chi connectivity index (χ2n) is 5.43. The van der Waals surface area contributed by atoms with Crippen LogP contribution in [0.3, 0.4) is 0 Å². The van der Waals surface area contributed by atoms with Crippen molar-refractivity contribution in [2.24, 2.45) is 5.73 Å². The molecule has 0 spiro atoms. The SMILES string of the molecule is Cc1ccc2c(c1)CCCN2CCCCCCN. The lowest BCUT2D eigenvalue weighted by atomic mass is 9.99. The van der Waals surface area contributed by atoms with E-state index in [1.165, 1.54) is 62.9 Å². The summed E-state index contributed by atoms with van der Waals surface area (Å²) in [5.41, 5.74) is 9.93. The molecule has 0 unspecified atom stereocenters. The second kappa shape index (κ2) is 6.79. The van der Waals surface area contributed by atoms with Crippen LogP contribution in [0.5, 0.6) is 0 Å². The van der Waals surface area contributed by atoms with Crippen LogP contribution in [0.2, 0.25) is 0 Å². The molecule has 0 bridgehead atoms. The van der Waals surface area contributed by atoms with Crippen molar-refractivity contribution in [1.82, 2.24) is 0 Å². The van der Waals surface area contributed by atoms with Crippen molar-refractivity contribution in [3.05, 3.63) is 29.3 Å². The quantitative estimate of drug-likeness (QED) is 0.781. The minimum atomic E-state index is 0.839. The maximum absolute atomic E-state index is 5.52. The van der Waals surface area contributed by atoms with E-state index >= 15 is 0 Å². The van der Waals surface area contributed by atoms with Gasteiger partial charge in [-0.05, 0) is 50.8 Å². The molecule has 1 aromatic rings. The average molecular weight is 246 g/mol. The first-order valence-electron chi connectivity index (χ1n) is 7.36. The van der Waals surface area contributed by atoms with E-state index in [4.69, 9.17) is 5.73 Å². The van der Waals surface area contributed by atoms with Crippen molar-refractivity contribution in [2.75, 3.05) is 24.5 Å². The van der Waals surface area contributed by atoms with Gasteiger partial charge >= 0.3 is 0 Å². The Kier molecular flexibility index (Phi) is 5.06. The first kappa shape index (κ1) is 13.4. The van der Waals surface area contributed by atoms with Gasteiger partial charge < -0.3 is 10.6 Å². The van der Waals surface area contributed by atoms with Crippen molar-refractivity contribution in [2.45, 2.75) is 45.4 Å². The largest absolute Gasteiger partial charge is 0.371 e. The molecule has 0 saturated heterocycles. The van der Waals surface area contributed by atoms with Crippen LogP contribution >= 0.6 is 0 Å². The lowest BCUT2D eigenvalue weighted by Gasteiger charge is -2.31. The molecule has 0 radical (unpaired) electrons. The van der Waals surface area contributed by atoms with E-state index in [0.29, 0.717) is 0 Å². The Balaban J connectivity index is 1.88. The van der Waals surface area contributed by atoms with Crippen molar-refractivity contribution < 1.29 is 0 Å². The molecule has 1 heterocycles. The highest BCUT2D eigenvalue weighted by molar-refractivity contribution is 5.56. The Hall–Kier alpha value is -1.02. The van der Waals surface area contributed by atoms with E-state index in [-0.39, 0.29) is 0 Å². The van der Waals surface area contributed by atoms with Crippen LogP contribution in [0.4, 0.5) is 5.69 Å². The fourth-order valence-electron chi connectivity index (χ4n) is 2.84. The van der Waals surface area contributed by atoms with Crippen LogP contribution in [0.25, 0.3) is 0 Å². The van der Waals surface area contributed by atoms with Crippen LogP contribution in [0.1, 0.15) is 43.2 Å². The van der Waals surface area contributed by atoms with Crippen molar-refractivity contribution >= 4 is 5.69 Å². The van der Waals surface area contributed by atoms with E-state index < -0.39 is 0 Å². The molecule has 0 aromatic heterocycles. The fourth-order valence-corrected chi connectivity index (χ4v) is 2.84. The third kappa shape index (κ3) is 3.49. The molecule has 0 amide bonds. The van der Waals surface area contributed by atoms with E-state index in [9.17, 15) is 0 Å². The highest BCUT2D eigenvalue weighted by Crippen LogP contribution is 2.28. The number of benzene rings is 1. The van der Waals surface area contributed by atoms with Gasteiger partial charge in [-0.15, -0.1) is 0 Å². The summed E-state index contributed by atoms with van der Waals surface area (Å²) in [5.74, 6) is 0. The molecular formula is C16H26N2. The number of aryl methyl sites for hydroxylation is 2. The van der Waals surface area contributed by atoms with Gasteiger partial charge in [0.05, 0.1) is 0 Å². The fraction of sp³-hybridized carbons (Fsp3) is 0.625. The van der Waals surface area contributed by atoms with Crippen molar-refractivity contribution in [3.63, 3.8) is 0 Å². The van der Waals surface area contributed by atoms with E-state index in [1.807, 2.05) is 0 Å². The Labute approximate surface area is 111 Å². The van der Waals surface area contributed by atoms with E-state index in [1.54, 1.807) is 5.56 Å². The summed E-state index contributed by atoms with van der Waals surface area (Å²) < 4.78 is 0. The molecule has 0 atom stereocenters. The lowest BCUT2D eigenvalue weighted by molar-refractivity contribution is 0.610. The number of nitrogens with zero attached hydrogens (tertiary/aromatic N) is 1. The molecule has 2 heteroatoms. The van der Waals surface area contributed by atoms with Gasteiger partial charge in [-0.25, -0.2) is 0 Å². The molecule has 2 nitrogen and oxygen atoms in total. The summed E-state index contributed by atoms with van der Waals surface area (Å²) in [6.45, 7) is 5.46. The smallest absolute Gasteiger partial charge is 0.0398 e. The Bertz CT molecular complexity index is 373. The Morgan fingerprint density at radius 2 is 2.00 bits per heavy atom. The molecule has 1 aromatic carbocycles. The van der Waals surface area contributed by atoms with Gasteiger partial charge in [0.2, 0.25) is 0 Å². The van der Waals surface area contributed by atoms with Gasteiger partial charge in [0.15, 0.2) is 0 Å². The molecule has 0 fully saturated rings. The number of hydrogen-bond acceptors (Lipinski definition) is 2. The average Bonchev–Trinajstić information content (AvgIpc) is 2.38. The van der Waals surface area contributed by atoms with Gasteiger partial charge in [-0.3, -0.25) is 0 Å². The maximum atomic E-state index is 5.52. The predicted molar refractivity (Wildman–Crippen MR) is 79.2 cm³/mol. The first-order valence-corrected chi connectivity index (χ1v) is 7.36. The number of nitrogens with two attached hydrogens (primary N) is 1. The molecule has 100 valence electrons. The van der Waals surface area contributed by atoms with Crippen LogP contribution in [0, 0.1) is 6.92 Å². The van der Waals surface area contributed by atoms with Crippen LogP contribution in [-0.2, 0) is 6.42 Å². The summed E-state index contributed by atoms with van der Waals surface area (Å²) in [6, 6.07) is 6.91. The zero-order chi connectivity index (χ0) is 12.8. The van der Waals surface area contributed by atoms with E-state index in [0.717, 1.165) is 6.54 Å². The van der Waals surface area contributed by atoms with Crippen LogP contribution in [-0.4, -0.2) is 19.6 Å². The summed E-state index contributed by atoms with van der Waals surface area (Å²) in [4.78, 5) is 2.57. The van der Waals surface area contributed by atoms with Crippen molar-refractivity contribution in [1.29, 1.82) is 0 Å². The number of anilines is 1. The zero-order valence-corrected chi connectivity index (χ0v) is 11.6. The van der Waals surface area contributed by atoms with Gasteiger partial charge in [0, 0.05) is 18.8 Å². The molecule has 0 saturated carbocycles. The number of rotatable bonds is 6. The summed E-state index contributed by atoms with van der Waals surface area (Å²) in [5, 5.41) is 0. The topological polar surface area (TPSA) is 29.3 Å². The first-order chi connectivity index (χ1) is 8.81. The van der Waals surface area contributed by atoms with E-state index in [2.05, 4.69) is 30.0 Å². The second-order valence-corrected chi connectivity index (χ2v) is 5.43. The van der Waals surface area contributed by atoms with Gasteiger partial charge in [0.25, 0.3) is 0 Å². The molecule has 1 aliphatic rings. The maximum Gasteiger partial charge on any atom is 0.0398 e. The molecule has 2 rings (SSSR count). The number of hydrogen-bond donors (Lipinski definition) is 1. The lowest BCUT2D eigenvalue weighted by Crippen LogP contribution is -2.30. The molecule has 2 N–H and O–H groups in total. The highest BCUT2D eigenvalue weighted by atomic mass is 15.1. The molecule has 0 aliphatic carbocycles. The minimum absolute atomic E-state index is 0.839. The standard InChI is InChI=1S/C16H26N2/c1-14-8-9-16-15(13-14)7-6-12-18(16)11-5-3-2-4-10-17/h8-9,13H,2-7,10-12,17H2,1H3. The Morgan fingerprint density at radius 3 is 2.83 bits per heavy atom. The van der Waals surface area contributed by atoms with Crippen molar-refractivity contribution in [3.8, 4) is 0 Å². The molecule has 1 aliphatic heterocycles. The summed E-state index contributed by atoms with van der Waals surface area (Å²) in [6.07, 6.45) is 7.63. The van der Waals surface area contributed by atoms with Gasteiger partial charge in [0.1, 0.15) is 0 Å². The third-order valence-electron chi connectivity index (χ3n) is 3.83. The number of fused-ring (bicyclic) bond motifs is 1. The van der Waals surface area contributed by atoms with Gasteiger partial charge in [-0.1, -0.05) is 30.5 Å². The zero-order valence-electron chi connectivity index (χ0n) is 11.6. The number of unbranched alkanes of at least 4 members (excludes halogenated alkanes) is 3. The van der Waals surface area contributed by atoms with Crippen LogP contribution < -0.4 is 10.6 Å². The third-order valence-corrected chi connectivity index (χ3v) is 3.83. The van der Waals surface area contributed by atoms with Crippen LogP contribution in [0.15, 0.2) is 18.2 Å². The minimum Gasteiger partial charge on any atom is -0.371 e. The highest BCUT2D eigenvalue weighted by Gasteiger charge is 2.15. The van der Waals surface area contributed by atoms with Gasteiger partial charge in [-0.2, -0.15) is 0 Å². The monoisotopic (exact) mass is 246 g/mol. The predicted octanol–water partition coefficient (Wildman–Crippen LogP) is 3.27. The summed E-state index contributed by atoms with van der Waals surface area (Å²) >= 11 is 0. The molecular weight excluding hydrogens is 220 g/mol. The summed E-state index contributed by atoms with van der Waals surface area (Å²) in [7, 11) is 0. The molecule has 18 heavy (non-hydrogen) atoms. The Morgan fingerprint density at radius 1 is 1.17 bits per heavy atom.